The summed E-state index contributed by atoms with van der Waals surface area (Å²) in [5, 5.41) is 5.51. The molecule has 2 aliphatic rings. The minimum Gasteiger partial charge on any atom is -0.336 e. The average molecular weight is 386 g/mol. The molecule has 1 fully saturated rings. The molecule has 0 radical (unpaired) electrons. The van der Waals surface area contributed by atoms with E-state index in [0.717, 1.165) is 24.1 Å². The summed E-state index contributed by atoms with van der Waals surface area (Å²) in [5.41, 5.74) is 2.41. The van der Waals surface area contributed by atoms with Crippen LogP contribution in [-0.2, 0) is 16.8 Å². The van der Waals surface area contributed by atoms with Crippen molar-refractivity contribution in [2.45, 2.75) is 25.4 Å². The van der Waals surface area contributed by atoms with Gasteiger partial charge in [0.05, 0.1) is 17.9 Å². The van der Waals surface area contributed by atoms with Crippen LogP contribution < -0.4 is 19.2 Å². The van der Waals surface area contributed by atoms with E-state index in [0.29, 0.717) is 12.2 Å². The Bertz CT molecular complexity index is 929. The van der Waals surface area contributed by atoms with Gasteiger partial charge in [-0.3, -0.25) is 0 Å². The smallest absolute Gasteiger partial charge is 0.326 e. The SMILES string of the molecule is O=C(NCCN1c2ccccc2N(C2CC2)S1(=O)=O)NCc1ccccc1. The van der Waals surface area contributed by atoms with Crippen molar-refractivity contribution >= 4 is 27.6 Å². The van der Waals surface area contributed by atoms with Crippen molar-refractivity contribution in [1.29, 1.82) is 0 Å². The van der Waals surface area contributed by atoms with Gasteiger partial charge in [0.2, 0.25) is 0 Å². The highest BCUT2D eigenvalue weighted by Gasteiger charge is 2.47. The summed E-state index contributed by atoms with van der Waals surface area (Å²) in [6.07, 6.45) is 1.78. The van der Waals surface area contributed by atoms with Crippen LogP contribution in [0.15, 0.2) is 54.6 Å². The predicted octanol–water partition coefficient (Wildman–Crippen LogP) is 2.22. The van der Waals surface area contributed by atoms with Gasteiger partial charge in [0.15, 0.2) is 0 Å². The first-order chi connectivity index (χ1) is 13.1. The second kappa shape index (κ2) is 7.11. The molecule has 1 aliphatic carbocycles. The molecule has 0 aromatic heterocycles. The molecule has 142 valence electrons. The number of carbonyl (C=O) groups is 1. The van der Waals surface area contributed by atoms with Gasteiger partial charge in [-0.25, -0.2) is 13.4 Å². The second-order valence-electron chi connectivity index (χ2n) is 6.69. The van der Waals surface area contributed by atoms with Crippen LogP contribution in [0, 0.1) is 0 Å². The van der Waals surface area contributed by atoms with Gasteiger partial charge in [0.1, 0.15) is 0 Å². The largest absolute Gasteiger partial charge is 0.336 e. The molecule has 1 heterocycles. The molecule has 7 nitrogen and oxygen atoms in total. The lowest BCUT2D eigenvalue weighted by Gasteiger charge is -2.21. The maximum atomic E-state index is 12.9. The van der Waals surface area contributed by atoms with Crippen LogP contribution in [0.2, 0.25) is 0 Å². The van der Waals surface area contributed by atoms with E-state index in [1.54, 1.807) is 0 Å². The van der Waals surface area contributed by atoms with Crippen LogP contribution in [0.5, 0.6) is 0 Å². The van der Waals surface area contributed by atoms with Crippen molar-refractivity contribution in [3.8, 4) is 0 Å². The number of nitrogens with one attached hydrogen (secondary N) is 2. The van der Waals surface area contributed by atoms with E-state index in [1.165, 1.54) is 8.61 Å². The molecule has 2 amide bonds. The number of hydrogen-bond acceptors (Lipinski definition) is 3. The first-order valence-corrected chi connectivity index (χ1v) is 10.4. The molecule has 1 saturated carbocycles. The van der Waals surface area contributed by atoms with Gasteiger partial charge in [-0.15, -0.1) is 0 Å². The maximum Gasteiger partial charge on any atom is 0.326 e. The lowest BCUT2D eigenvalue weighted by molar-refractivity contribution is 0.241. The molecule has 1 aliphatic heterocycles. The number of benzene rings is 2. The van der Waals surface area contributed by atoms with E-state index in [4.69, 9.17) is 0 Å². The van der Waals surface area contributed by atoms with Crippen molar-refractivity contribution in [2.24, 2.45) is 0 Å². The number of urea groups is 1. The molecule has 4 rings (SSSR count). The van der Waals surface area contributed by atoms with Crippen molar-refractivity contribution in [1.82, 2.24) is 10.6 Å². The number of para-hydroxylation sites is 2. The fourth-order valence-corrected chi connectivity index (χ4v) is 5.19. The molecule has 0 spiro atoms. The topological polar surface area (TPSA) is 81.8 Å². The molecule has 0 bridgehead atoms. The normalized spacial score (nSPS) is 17.5. The monoisotopic (exact) mass is 386 g/mol. The molecule has 8 heteroatoms. The highest BCUT2D eigenvalue weighted by atomic mass is 32.2. The Morgan fingerprint density at radius 1 is 0.963 bits per heavy atom. The standard InChI is InChI=1S/C19H22N4O3S/c24-19(21-14-15-6-2-1-3-7-15)20-12-13-22-17-8-4-5-9-18(17)23(16-10-11-16)27(22,25)26/h1-9,16H,10-14H2,(H2,20,21,24). The molecule has 0 saturated heterocycles. The summed E-state index contributed by atoms with van der Waals surface area (Å²) >= 11 is 0. The summed E-state index contributed by atoms with van der Waals surface area (Å²) in [6, 6.07) is 16.7. The van der Waals surface area contributed by atoms with Crippen LogP contribution in [0.4, 0.5) is 16.2 Å². The quantitative estimate of drug-likeness (QED) is 0.799. The molecule has 0 unspecified atom stereocenters. The van der Waals surface area contributed by atoms with Gasteiger partial charge in [-0.1, -0.05) is 42.5 Å². The Morgan fingerprint density at radius 3 is 2.33 bits per heavy atom. The van der Waals surface area contributed by atoms with Gasteiger partial charge < -0.3 is 10.6 Å². The molecule has 0 atom stereocenters. The van der Waals surface area contributed by atoms with Crippen LogP contribution in [-0.4, -0.2) is 33.6 Å². The van der Waals surface area contributed by atoms with Crippen molar-refractivity contribution < 1.29 is 13.2 Å². The third kappa shape index (κ3) is 3.57. The molecule has 2 N–H and O–H groups in total. The number of anilines is 2. The molecule has 2 aromatic rings. The number of fused-ring (bicyclic) bond motifs is 1. The van der Waals surface area contributed by atoms with E-state index in [-0.39, 0.29) is 25.2 Å². The Morgan fingerprint density at radius 2 is 1.63 bits per heavy atom. The Balaban J connectivity index is 1.36. The van der Waals surface area contributed by atoms with E-state index in [9.17, 15) is 13.2 Å². The maximum absolute atomic E-state index is 12.9. The van der Waals surface area contributed by atoms with Crippen LogP contribution in [0.1, 0.15) is 18.4 Å². The molecule has 2 aromatic carbocycles. The summed E-state index contributed by atoms with van der Waals surface area (Å²) in [7, 11) is -3.58. The predicted molar refractivity (Wildman–Crippen MR) is 105 cm³/mol. The zero-order chi connectivity index (χ0) is 18.9. The second-order valence-corrected chi connectivity index (χ2v) is 8.42. The Labute approximate surface area is 159 Å². The lowest BCUT2D eigenvalue weighted by Crippen LogP contribution is -2.44. The Hall–Kier alpha value is -2.74. The zero-order valence-corrected chi connectivity index (χ0v) is 15.7. The fraction of sp³-hybridized carbons (Fsp3) is 0.316. The third-order valence-corrected chi connectivity index (χ3v) is 6.62. The summed E-state index contributed by atoms with van der Waals surface area (Å²) in [4.78, 5) is 12.0. The van der Waals surface area contributed by atoms with Gasteiger partial charge in [0.25, 0.3) is 0 Å². The van der Waals surface area contributed by atoms with Crippen molar-refractivity contribution in [3.63, 3.8) is 0 Å². The molecular formula is C19H22N4O3S. The van der Waals surface area contributed by atoms with Crippen LogP contribution >= 0.6 is 0 Å². The summed E-state index contributed by atoms with van der Waals surface area (Å²) in [5.74, 6) is 0. The number of amides is 2. The Kier molecular flexibility index (Phi) is 4.65. The van der Waals surface area contributed by atoms with E-state index in [1.807, 2.05) is 54.6 Å². The third-order valence-electron chi connectivity index (χ3n) is 4.69. The number of rotatable bonds is 6. The van der Waals surface area contributed by atoms with Gasteiger partial charge >= 0.3 is 16.2 Å². The number of hydrogen-bond donors (Lipinski definition) is 2. The fourth-order valence-electron chi connectivity index (χ4n) is 3.26. The lowest BCUT2D eigenvalue weighted by atomic mass is 10.2. The van der Waals surface area contributed by atoms with Crippen molar-refractivity contribution in [3.05, 3.63) is 60.2 Å². The minimum atomic E-state index is -3.58. The molecule has 27 heavy (non-hydrogen) atoms. The van der Waals surface area contributed by atoms with E-state index < -0.39 is 10.2 Å². The van der Waals surface area contributed by atoms with Crippen molar-refractivity contribution in [2.75, 3.05) is 21.7 Å². The average Bonchev–Trinajstić information content (AvgIpc) is 3.46. The zero-order valence-electron chi connectivity index (χ0n) is 14.8. The molecular weight excluding hydrogens is 364 g/mol. The highest BCUT2D eigenvalue weighted by molar-refractivity contribution is 7.94. The van der Waals surface area contributed by atoms with Crippen LogP contribution in [0.25, 0.3) is 0 Å². The van der Waals surface area contributed by atoms with E-state index >= 15 is 0 Å². The minimum absolute atomic E-state index is 0.0586. The van der Waals surface area contributed by atoms with Gasteiger partial charge in [-0.2, -0.15) is 8.42 Å². The first kappa shape index (κ1) is 17.7. The first-order valence-electron chi connectivity index (χ1n) is 9.04. The van der Waals surface area contributed by atoms with Gasteiger partial charge in [0, 0.05) is 19.1 Å². The van der Waals surface area contributed by atoms with Gasteiger partial charge in [-0.05, 0) is 30.5 Å². The summed E-state index contributed by atoms with van der Waals surface area (Å²) in [6.45, 7) is 0.848. The highest BCUT2D eigenvalue weighted by Crippen LogP contribution is 2.46. The van der Waals surface area contributed by atoms with E-state index in [2.05, 4.69) is 10.6 Å². The van der Waals surface area contributed by atoms with Crippen LogP contribution in [0.3, 0.4) is 0 Å². The number of nitrogens with zero attached hydrogens (tertiary/aromatic N) is 2. The number of carbonyl (C=O) groups excluding carboxylic acids is 1. The summed E-state index contributed by atoms with van der Waals surface area (Å²) < 4.78 is 28.8.